The van der Waals surface area contributed by atoms with Crippen LogP contribution in [0.15, 0.2) is 36.4 Å². The van der Waals surface area contributed by atoms with E-state index in [0.29, 0.717) is 11.4 Å². The van der Waals surface area contributed by atoms with Crippen molar-refractivity contribution in [1.29, 1.82) is 0 Å². The van der Waals surface area contributed by atoms with E-state index in [0.717, 1.165) is 16.7 Å². The highest BCUT2D eigenvalue weighted by atomic mass is 16.5. The average molecular weight is 395 g/mol. The fraction of sp³-hybridized carbons (Fsp3) is 0.417. The van der Waals surface area contributed by atoms with Gasteiger partial charge in [0.2, 0.25) is 0 Å². The maximum atomic E-state index is 12.3. The van der Waals surface area contributed by atoms with E-state index in [-0.39, 0.29) is 43.5 Å². The summed E-state index contributed by atoms with van der Waals surface area (Å²) >= 11 is 0. The molecule has 0 unspecified atom stereocenters. The normalized spacial score (nSPS) is 13.7. The molecule has 29 heavy (non-hydrogen) atoms. The van der Waals surface area contributed by atoms with Gasteiger partial charge in [0.1, 0.15) is 12.4 Å². The standard InChI is InChI=1S/C24H29NO4/c1-16-12-18(24(3,4)5)13-17(2)19(16)14-29-23(27)10-11-25-20-8-6-7-9-21(20)28-15-22(25)26/h6-9,12-13H,10-11,14-15H2,1-5H3. The zero-order chi connectivity index (χ0) is 21.2. The summed E-state index contributed by atoms with van der Waals surface area (Å²) in [6.45, 7) is 11.2. The minimum Gasteiger partial charge on any atom is -0.482 e. The summed E-state index contributed by atoms with van der Waals surface area (Å²) in [4.78, 5) is 26.1. The van der Waals surface area contributed by atoms with Crippen molar-refractivity contribution in [2.24, 2.45) is 0 Å². The highest BCUT2D eigenvalue weighted by Gasteiger charge is 2.25. The van der Waals surface area contributed by atoms with Gasteiger partial charge in [-0.2, -0.15) is 0 Å². The smallest absolute Gasteiger partial charge is 0.307 e. The summed E-state index contributed by atoms with van der Waals surface area (Å²) in [5.74, 6) is 0.187. The summed E-state index contributed by atoms with van der Waals surface area (Å²) in [5, 5.41) is 0. The summed E-state index contributed by atoms with van der Waals surface area (Å²) in [6, 6.07) is 11.7. The van der Waals surface area contributed by atoms with Gasteiger partial charge < -0.3 is 14.4 Å². The molecular weight excluding hydrogens is 366 g/mol. The number of hydrogen-bond donors (Lipinski definition) is 0. The zero-order valence-electron chi connectivity index (χ0n) is 17.9. The molecule has 0 saturated carbocycles. The molecule has 1 aliphatic rings. The molecule has 0 N–H and O–H groups in total. The first kappa shape index (κ1) is 20.9. The molecule has 3 rings (SSSR count). The maximum absolute atomic E-state index is 12.3. The minimum atomic E-state index is -0.319. The van der Waals surface area contributed by atoms with Crippen molar-refractivity contribution in [2.75, 3.05) is 18.1 Å². The fourth-order valence-electron chi connectivity index (χ4n) is 3.48. The first-order valence-electron chi connectivity index (χ1n) is 9.95. The van der Waals surface area contributed by atoms with Gasteiger partial charge in [-0.3, -0.25) is 9.59 Å². The molecule has 0 saturated heterocycles. The topological polar surface area (TPSA) is 55.8 Å². The van der Waals surface area contributed by atoms with E-state index in [9.17, 15) is 9.59 Å². The van der Waals surface area contributed by atoms with E-state index in [1.54, 1.807) is 4.90 Å². The Morgan fingerprint density at radius 2 is 1.79 bits per heavy atom. The van der Waals surface area contributed by atoms with Crippen molar-refractivity contribution in [3.05, 3.63) is 58.7 Å². The molecular formula is C24H29NO4. The monoisotopic (exact) mass is 395 g/mol. The number of ether oxygens (including phenoxy) is 2. The molecule has 0 radical (unpaired) electrons. The third-order valence-electron chi connectivity index (χ3n) is 5.29. The van der Waals surface area contributed by atoms with Gasteiger partial charge in [-0.05, 0) is 53.6 Å². The lowest BCUT2D eigenvalue weighted by molar-refractivity contribution is -0.144. The molecule has 2 aromatic rings. The van der Waals surface area contributed by atoms with Crippen molar-refractivity contribution >= 4 is 17.6 Å². The first-order valence-corrected chi connectivity index (χ1v) is 9.95. The highest BCUT2D eigenvalue weighted by Crippen LogP contribution is 2.31. The number of hydrogen-bond acceptors (Lipinski definition) is 4. The van der Waals surface area contributed by atoms with Crippen LogP contribution >= 0.6 is 0 Å². The van der Waals surface area contributed by atoms with Crippen molar-refractivity contribution in [1.82, 2.24) is 0 Å². The van der Waals surface area contributed by atoms with Gasteiger partial charge in [-0.25, -0.2) is 0 Å². The molecule has 154 valence electrons. The highest BCUT2D eigenvalue weighted by molar-refractivity contribution is 5.98. The number of carbonyl (C=O) groups excluding carboxylic acids is 2. The number of aryl methyl sites for hydroxylation is 2. The Hall–Kier alpha value is -2.82. The van der Waals surface area contributed by atoms with Crippen molar-refractivity contribution < 1.29 is 19.1 Å². The molecule has 1 heterocycles. The number of para-hydroxylation sites is 2. The second kappa shape index (κ2) is 8.27. The summed E-state index contributed by atoms with van der Waals surface area (Å²) in [5.41, 5.74) is 5.33. The molecule has 1 amide bonds. The lowest BCUT2D eigenvalue weighted by Crippen LogP contribution is -2.40. The van der Waals surface area contributed by atoms with Crippen molar-refractivity contribution in [3.63, 3.8) is 0 Å². The van der Waals surface area contributed by atoms with Crippen LogP contribution in [0, 0.1) is 13.8 Å². The lowest BCUT2D eigenvalue weighted by Gasteiger charge is -2.29. The first-order chi connectivity index (χ1) is 13.7. The van der Waals surface area contributed by atoms with Crippen molar-refractivity contribution in [3.8, 4) is 5.75 Å². The maximum Gasteiger partial charge on any atom is 0.307 e. The Balaban J connectivity index is 1.61. The van der Waals surface area contributed by atoms with Crippen LogP contribution < -0.4 is 9.64 Å². The van der Waals surface area contributed by atoms with Gasteiger partial charge in [0.25, 0.3) is 5.91 Å². The number of carbonyl (C=O) groups is 2. The Morgan fingerprint density at radius 1 is 1.14 bits per heavy atom. The van der Waals surface area contributed by atoms with Crippen LogP contribution in [0.2, 0.25) is 0 Å². The van der Waals surface area contributed by atoms with Crippen LogP contribution in [0.25, 0.3) is 0 Å². The van der Waals surface area contributed by atoms with Gasteiger partial charge in [0.15, 0.2) is 6.61 Å². The van der Waals surface area contributed by atoms with Crippen LogP contribution in [0.1, 0.15) is 49.4 Å². The van der Waals surface area contributed by atoms with Crippen LogP contribution in [-0.4, -0.2) is 25.0 Å². The summed E-state index contributed by atoms with van der Waals surface area (Å²) in [7, 11) is 0. The Labute approximate surface area is 172 Å². The predicted molar refractivity (Wildman–Crippen MR) is 113 cm³/mol. The largest absolute Gasteiger partial charge is 0.482 e. The molecule has 5 nitrogen and oxygen atoms in total. The van der Waals surface area contributed by atoms with E-state index >= 15 is 0 Å². The molecule has 0 bridgehead atoms. The third kappa shape index (κ3) is 4.78. The Kier molecular flexibility index (Phi) is 5.96. The van der Waals surface area contributed by atoms with Gasteiger partial charge >= 0.3 is 5.97 Å². The molecule has 0 aromatic heterocycles. The van der Waals surface area contributed by atoms with Gasteiger partial charge in [-0.15, -0.1) is 0 Å². The predicted octanol–water partition coefficient (Wildman–Crippen LogP) is 4.46. The number of amides is 1. The molecule has 5 heteroatoms. The lowest BCUT2D eigenvalue weighted by atomic mass is 9.84. The zero-order valence-corrected chi connectivity index (χ0v) is 17.9. The molecule has 2 aromatic carbocycles. The molecule has 0 spiro atoms. The molecule has 0 aliphatic carbocycles. The third-order valence-corrected chi connectivity index (χ3v) is 5.29. The number of esters is 1. The number of rotatable bonds is 5. The van der Waals surface area contributed by atoms with Crippen LogP contribution in [0.4, 0.5) is 5.69 Å². The minimum absolute atomic E-state index is 0.00935. The molecule has 0 fully saturated rings. The number of nitrogens with zero attached hydrogens (tertiary/aromatic N) is 1. The van der Waals surface area contributed by atoms with Crippen LogP contribution in [0.5, 0.6) is 5.75 Å². The average Bonchev–Trinajstić information content (AvgIpc) is 2.65. The van der Waals surface area contributed by atoms with E-state index in [2.05, 4.69) is 46.8 Å². The quantitative estimate of drug-likeness (QED) is 0.702. The Morgan fingerprint density at radius 3 is 2.45 bits per heavy atom. The summed E-state index contributed by atoms with van der Waals surface area (Å²) in [6.07, 6.45) is 0.137. The number of fused-ring (bicyclic) bond motifs is 1. The second-order valence-electron chi connectivity index (χ2n) is 8.55. The van der Waals surface area contributed by atoms with E-state index in [1.807, 2.05) is 24.3 Å². The molecule has 0 atom stereocenters. The van der Waals surface area contributed by atoms with Gasteiger partial charge in [-0.1, -0.05) is 45.0 Å². The van der Waals surface area contributed by atoms with E-state index in [4.69, 9.17) is 9.47 Å². The number of benzene rings is 2. The van der Waals surface area contributed by atoms with Crippen LogP contribution in [0.3, 0.4) is 0 Å². The van der Waals surface area contributed by atoms with E-state index < -0.39 is 0 Å². The summed E-state index contributed by atoms with van der Waals surface area (Å²) < 4.78 is 11.0. The van der Waals surface area contributed by atoms with E-state index in [1.165, 1.54) is 5.56 Å². The molecule has 1 aliphatic heterocycles. The fourth-order valence-corrected chi connectivity index (χ4v) is 3.48. The van der Waals surface area contributed by atoms with Crippen LogP contribution in [-0.2, 0) is 26.3 Å². The van der Waals surface area contributed by atoms with Gasteiger partial charge in [0, 0.05) is 6.54 Å². The van der Waals surface area contributed by atoms with Crippen molar-refractivity contribution in [2.45, 2.75) is 53.1 Å². The Bertz CT molecular complexity index is 904. The number of anilines is 1. The van der Waals surface area contributed by atoms with Gasteiger partial charge in [0.05, 0.1) is 12.1 Å². The second-order valence-corrected chi connectivity index (χ2v) is 8.55. The SMILES string of the molecule is Cc1cc(C(C)(C)C)cc(C)c1COC(=O)CCN1C(=O)COc2ccccc21.